The zero-order valence-corrected chi connectivity index (χ0v) is 22.1. The Morgan fingerprint density at radius 3 is 2.51 bits per heavy atom. The summed E-state index contributed by atoms with van der Waals surface area (Å²) in [6.45, 7) is 2.54. The first-order valence-electron chi connectivity index (χ1n) is 12.5. The van der Waals surface area contributed by atoms with E-state index in [0.29, 0.717) is 35.9 Å². The van der Waals surface area contributed by atoms with Crippen LogP contribution >= 0.6 is 11.6 Å². The maximum absolute atomic E-state index is 13.8. The van der Waals surface area contributed by atoms with Crippen molar-refractivity contribution in [1.29, 1.82) is 0 Å². The molecule has 2 aromatic carbocycles. The molecule has 1 saturated heterocycles. The van der Waals surface area contributed by atoms with E-state index in [9.17, 15) is 22.4 Å². The Kier molecular flexibility index (Phi) is 8.97. The average molecular weight is 565 g/mol. The first-order valence-corrected chi connectivity index (χ1v) is 12.8. The van der Waals surface area contributed by atoms with Crippen LogP contribution in [-0.2, 0) is 12.0 Å². The van der Waals surface area contributed by atoms with Crippen LogP contribution in [0.5, 0.6) is 5.75 Å². The molecule has 0 unspecified atom stereocenters. The van der Waals surface area contributed by atoms with Crippen LogP contribution in [0.4, 0.5) is 22.4 Å². The SMILES string of the molecule is CN1CCCN(C(=O)N[C@@](Cc2ccccc2)(c2cccc(OC(F)(F)C(F)F)c2)c2ccc(Cl)cn2)CC1. The quantitative estimate of drug-likeness (QED) is 0.351. The van der Waals surface area contributed by atoms with Crippen LogP contribution in [0.2, 0.25) is 5.02 Å². The molecule has 2 amide bonds. The third-order valence-corrected chi connectivity index (χ3v) is 6.86. The minimum Gasteiger partial charge on any atom is -0.428 e. The molecule has 0 saturated carbocycles. The van der Waals surface area contributed by atoms with Crippen molar-refractivity contribution in [3.05, 3.63) is 94.8 Å². The Labute approximate surface area is 229 Å². The molecule has 0 radical (unpaired) electrons. The molecule has 1 aromatic heterocycles. The number of carbonyl (C=O) groups excluding carboxylic acids is 1. The van der Waals surface area contributed by atoms with E-state index in [1.807, 2.05) is 37.4 Å². The minimum atomic E-state index is -4.69. The van der Waals surface area contributed by atoms with Crippen molar-refractivity contribution < 1.29 is 27.1 Å². The van der Waals surface area contributed by atoms with E-state index in [1.54, 1.807) is 23.1 Å². The number of ether oxygens (including phenoxy) is 1. The summed E-state index contributed by atoms with van der Waals surface area (Å²) >= 11 is 6.12. The number of hydrogen-bond donors (Lipinski definition) is 1. The van der Waals surface area contributed by atoms with Crippen molar-refractivity contribution in [2.45, 2.75) is 30.9 Å². The third-order valence-electron chi connectivity index (χ3n) is 6.64. The van der Waals surface area contributed by atoms with Gasteiger partial charge in [-0.3, -0.25) is 4.98 Å². The smallest absolute Gasteiger partial charge is 0.428 e. The number of pyridine rings is 1. The molecule has 1 atom stereocenters. The molecule has 1 aliphatic heterocycles. The van der Waals surface area contributed by atoms with Crippen molar-refractivity contribution in [3.63, 3.8) is 0 Å². The number of amides is 2. The zero-order valence-electron chi connectivity index (χ0n) is 21.3. The van der Waals surface area contributed by atoms with Crippen LogP contribution in [0.15, 0.2) is 72.9 Å². The fraction of sp³-hybridized carbons (Fsp3) is 0.357. The summed E-state index contributed by atoms with van der Waals surface area (Å²) in [6, 6.07) is 17.5. The highest BCUT2D eigenvalue weighted by Crippen LogP contribution is 2.36. The number of likely N-dealkylation sites (N-methyl/N-ethyl adjacent to an activating group) is 1. The number of nitrogens with one attached hydrogen (secondary N) is 1. The summed E-state index contributed by atoms with van der Waals surface area (Å²) in [5.74, 6) is -0.477. The van der Waals surface area contributed by atoms with Crippen LogP contribution in [0.25, 0.3) is 0 Å². The summed E-state index contributed by atoms with van der Waals surface area (Å²) in [5, 5.41) is 3.49. The normalized spacial score (nSPS) is 16.4. The van der Waals surface area contributed by atoms with Crippen LogP contribution < -0.4 is 10.1 Å². The molecule has 0 spiro atoms. The molecular weight excluding hydrogens is 536 g/mol. The molecule has 39 heavy (non-hydrogen) atoms. The van der Waals surface area contributed by atoms with E-state index in [4.69, 9.17) is 11.6 Å². The number of hydrogen-bond acceptors (Lipinski definition) is 4. The summed E-state index contributed by atoms with van der Waals surface area (Å²) in [7, 11) is 1.99. The number of rotatable bonds is 8. The topological polar surface area (TPSA) is 57.7 Å². The number of alkyl halides is 4. The molecule has 208 valence electrons. The fourth-order valence-corrected chi connectivity index (χ4v) is 4.70. The predicted molar refractivity (Wildman–Crippen MR) is 140 cm³/mol. The van der Waals surface area contributed by atoms with Crippen molar-refractivity contribution in [1.82, 2.24) is 20.1 Å². The van der Waals surface area contributed by atoms with Crippen molar-refractivity contribution in [2.75, 3.05) is 33.2 Å². The van der Waals surface area contributed by atoms with E-state index in [2.05, 4.69) is 19.9 Å². The van der Waals surface area contributed by atoms with Gasteiger partial charge >= 0.3 is 18.6 Å². The van der Waals surface area contributed by atoms with Gasteiger partial charge in [-0.1, -0.05) is 54.1 Å². The van der Waals surface area contributed by atoms with E-state index < -0.39 is 23.8 Å². The van der Waals surface area contributed by atoms with Gasteiger partial charge in [0.15, 0.2) is 0 Å². The highest BCUT2D eigenvalue weighted by molar-refractivity contribution is 6.30. The molecular formula is C28H29ClF4N4O2. The molecule has 0 bridgehead atoms. The van der Waals surface area contributed by atoms with Crippen molar-refractivity contribution >= 4 is 17.6 Å². The van der Waals surface area contributed by atoms with Gasteiger partial charge in [-0.05, 0) is 55.4 Å². The Morgan fingerprint density at radius 2 is 1.82 bits per heavy atom. The Bertz CT molecular complexity index is 1250. The molecule has 1 N–H and O–H groups in total. The van der Waals surface area contributed by atoms with Gasteiger partial charge < -0.3 is 19.9 Å². The first kappa shape index (κ1) is 28.6. The summed E-state index contributed by atoms with van der Waals surface area (Å²) in [5.41, 5.74) is 0.132. The van der Waals surface area contributed by atoms with Gasteiger partial charge in [0, 0.05) is 32.3 Å². The number of urea groups is 1. The van der Waals surface area contributed by atoms with Crippen molar-refractivity contribution in [2.24, 2.45) is 0 Å². The molecule has 4 rings (SSSR count). The minimum absolute atomic E-state index is 0.177. The Morgan fingerprint density at radius 1 is 1.05 bits per heavy atom. The highest BCUT2D eigenvalue weighted by Gasteiger charge is 2.45. The van der Waals surface area contributed by atoms with Crippen LogP contribution in [0, 0.1) is 0 Å². The third kappa shape index (κ3) is 6.99. The molecule has 1 aliphatic rings. The van der Waals surface area contributed by atoms with Crippen LogP contribution in [0.3, 0.4) is 0 Å². The average Bonchev–Trinajstić information content (AvgIpc) is 3.13. The predicted octanol–water partition coefficient (Wildman–Crippen LogP) is 5.81. The molecule has 2 heterocycles. The van der Waals surface area contributed by atoms with Gasteiger partial charge in [0.05, 0.1) is 10.7 Å². The lowest BCUT2D eigenvalue weighted by Crippen LogP contribution is -2.54. The molecule has 11 heteroatoms. The summed E-state index contributed by atoms with van der Waals surface area (Å²) < 4.78 is 57.8. The Balaban J connectivity index is 1.83. The number of nitrogens with zero attached hydrogens (tertiary/aromatic N) is 3. The lowest BCUT2D eigenvalue weighted by Gasteiger charge is -2.37. The van der Waals surface area contributed by atoms with E-state index >= 15 is 0 Å². The summed E-state index contributed by atoms with van der Waals surface area (Å²) in [4.78, 5) is 22.1. The largest absolute Gasteiger partial charge is 0.461 e. The molecule has 1 fully saturated rings. The second kappa shape index (κ2) is 12.2. The number of halogens is 5. The number of carbonyl (C=O) groups is 1. The lowest BCUT2D eigenvalue weighted by atomic mass is 9.80. The monoisotopic (exact) mass is 564 g/mol. The molecule has 6 nitrogen and oxygen atoms in total. The van der Waals surface area contributed by atoms with Gasteiger partial charge in [0.25, 0.3) is 0 Å². The molecule has 3 aromatic rings. The number of benzene rings is 2. The highest BCUT2D eigenvalue weighted by atomic mass is 35.5. The van der Waals surface area contributed by atoms with Crippen LogP contribution in [-0.4, -0.2) is 66.6 Å². The Hall–Kier alpha value is -3.37. The molecule has 0 aliphatic carbocycles. The number of aromatic nitrogens is 1. The van der Waals surface area contributed by atoms with E-state index in [0.717, 1.165) is 24.6 Å². The second-order valence-corrected chi connectivity index (χ2v) is 9.93. The van der Waals surface area contributed by atoms with Gasteiger partial charge in [-0.2, -0.15) is 17.6 Å². The van der Waals surface area contributed by atoms with Crippen LogP contribution in [0.1, 0.15) is 23.2 Å². The van der Waals surface area contributed by atoms with E-state index in [1.165, 1.54) is 18.3 Å². The van der Waals surface area contributed by atoms with E-state index in [-0.39, 0.29) is 12.5 Å². The lowest BCUT2D eigenvalue weighted by molar-refractivity contribution is -0.253. The van der Waals surface area contributed by atoms with Gasteiger partial charge in [0.2, 0.25) is 0 Å². The standard InChI is InChI=1S/C28H29ClF4N4O2/c1-36-13-6-14-37(16-15-36)26(38)35-27(18-20-7-3-2-4-8-20,24-12-11-22(29)19-34-24)21-9-5-10-23(17-21)39-28(32,33)25(30)31/h2-5,7-12,17,19,25H,6,13-16,18H2,1H3,(H,35,38)/t27-/m0/s1. The van der Waals surface area contributed by atoms with Gasteiger partial charge in [0.1, 0.15) is 11.3 Å². The second-order valence-electron chi connectivity index (χ2n) is 9.50. The zero-order chi connectivity index (χ0) is 28.0. The maximum Gasteiger partial charge on any atom is 0.461 e. The van der Waals surface area contributed by atoms with Crippen molar-refractivity contribution in [3.8, 4) is 5.75 Å². The maximum atomic E-state index is 13.8. The first-order chi connectivity index (χ1) is 18.6. The van der Waals surface area contributed by atoms with Gasteiger partial charge in [-0.25, -0.2) is 4.79 Å². The summed E-state index contributed by atoms with van der Waals surface area (Å²) in [6.07, 6.45) is -6.33. The van der Waals surface area contributed by atoms with Gasteiger partial charge in [-0.15, -0.1) is 0 Å². The fourth-order valence-electron chi connectivity index (χ4n) is 4.59.